The number of carbonyl (C=O) groups excluding carboxylic acids is 1. The first kappa shape index (κ1) is 62.6. The van der Waals surface area contributed by atoms with Crippen LogP contribution in [-0.2, 0) is 38.3 Å². The quantitative estimate of drug-likeness (QED) is 0.0197. The molecule has 1 fully saturated rings. The number of allylic oxidation sites excluding steroid dienone is 4. The number of ether oxygens (including phenoxy) is 4. The zero-order chi connectivity index (χ0) is 48.2. The molecule has 4 N–H and O–H groups in total. The molecule has 0 bridgehead atoms. The highest BCUT2D eigenvalue weighted by atomic mass is 32.3. The van der Waals surface area contributed by atoms with Gasteiger partial charge in [0.2, 0.25) is 0 Å². The second kappa shape index (κ2) is 44.8. The molecule has 66 heavy (non-hydrogen) atoms. The van der Waals surface area contributed by atoms with Gasteiger partial charge in [0.15, 0.2) is 6.29 Å². The largest absolute Gasteiger partial charge is 0.457 e. The molecule has 1 heterocycles. The van der Waals surface area contributed by atoms with E-state index in [1.54, 1.807) is 0 Å². The number of hydrogen-bond acceptors (Lipinski definition) is 11. The van der Waals surface area contributed by atoms with Crippen molar-refractivity contribution in [2.24, 2.45) is 0 Å². The number of unbranched alkanes of at least 4 members (excludes halogenated alkanes) is 31. The predicted octanol–water partition coefficient (Wildman–Crippen LogP) is 12.8. The van der Waals surface area contributed by atoms with Gasteiger partial charge in [-0.15, -0.1) is 0 Å². The fourth-order valence-electron chi connectivity index (χ4n) is 8.47. The van der Waals surface area contributed by atoms with Crippen LogP contribution < -0.4 is 0 Å². The van der Waals surface area contributed by atoms with E-state index in [9.17, 15) is 33.1 Å². The molecular weight excluding hydrogens is 861 g/mol. The summed E-state index contributed by atoms with van der Waals surface area (Å²) in [6.45, 7) is 4.03. The SMILES string of the molecule is CCCCCCC/C=C\C/C=C\CCCCCCCCCCCCCC(=O)OC(COCCCCCCCCCCCCCCCCCC)COC1OC(CO)C(O)C(OS(=O)(=O)O)C1O. The Bertz CT molecular complexity index is 1250. The third-order valence-corrected chi connectivity index (χ3v) is 13.0. The normalized spacial score (nSPS) is 19.6. The summed E-state index contributed by atoms with van der Waals surface area (Å²) in [7, 11) is -5.06. The van der Waals surface area contributed by atoms with Gasteiger partial charge in [0.05, 0.1) is 19.8 Å². The average Bonchev–Trinajstić information content (AvgIpc) is 3.29. The van der Waals surface area contributed by atoms with Crippen LogP contribution >= 0.6 is 0 Å². The van der Waals surface area contributed by atoms with Crippen molar-refractivity contribution < 1.29 is 56.2 Å². The Morgan fingerprint density at radius 2 is 1.00 bits per heavy atom. The van der Waals surface area contributed by atoms with Crippen LogP contribution in [0.3, 0.4) is 0 Å². The molecule has 0 aromatic carbocycles. The maximum Gasteiger partial charge on any atom is 0.397 e. The van der Waals surface area contributed by atoms with Crippen molar-refractivity contribution >= 4 is 16.4 Å². The summed E-state index contributed by atoms with van der Waals surface area (Å²) in [5.74, 6) is -0.396. The summed E-state index contributed by atoms with van der Waals surface area (Å²) in [5.41, 5.74) is 0. The number of carbonyl (C=O) groups is 1. The number of rotatable bonds is 48. The van der Waals surface area contributed by atoms with E-state index < -0.39 is 59.8 Å². The second-order valence-electron chi connectivity index (χ2n) is 18.8. The molecule has 0 amide bonds. The smallest absolute Gasteiger partial charge is 0.397 e. The molecule has 0 aromatic rings. The van der Waals surface area contributed by atoms with Crippen LogP contribution in [0, 0.1) is 0 Å². The molecule has 12 nitrogen and oxygen atoms in total. The number of hydrogen-bond donors (Lipinski definition) is 4. The Labute approximate surface area is 403 Å². The molecule has 0 aliphatic carbocycles. The molecule has 6 atom stereocenters. The van der Waals surface area contributed by atoms with E-state index in [4.69, 9.17) is 18.9 Å². The lowest BCUT2D eigenvalue weighted by Gasteiger charge is -2.41. The Hall–Kier alpha value is -1.42. The first-order valence-electron chi connectivity index (χ1n) is 27.1. The van der Waals surface area contributed by atoms with E-state index in [1.807, 2.05) is 0 Å². The van der Waals surface area contributed by atoms with Crippen molar-refractivity contribution in [2.75, 3.05) is 26.4 Å². The van der Waals surface area contributed by atoms with Crippen molar-refractivity contribution in [1.82, 2.24) is 0 Å². The second-order valence-corrected chi connectivity index (χ2v) is 19.9. The highest BCUT2D eigenvalue weighted by Crippen LogP contribution is 2.26. The first-order chi connectivity index (χ1) is 32.1. The van der Waals surface area contributed by atoms with Gasteiger partial charge in [-0.1, -0.05) is 218 Å². The minimum atomic E-state index is -5.06. The predicted molar refractivity (Wildman–Crippen MR) is 267 cm³/mol. The van der Waals surface area contributed by atoms with Crippen LogP contribution in [-0.4, -0.2) is 97.5 Å². The molecule has 1 aliphatic rings. The summed E-state index contributed by atoms with van der Waals surface area (Å²) in [6, 6.07) is 0. The Morgan fingerprint density at radius 1 is 0.576 bits per heavy atom. The lowest BCUT2D eigenvalue weighted by atomic mass is 9.99. The van der Waals surface area contributed by atoms with Crippen LogP contribution in [0.5, 0.6) is 0 Å². The molecule has 0 saturated carbocycles. The molecule has 1 rings (SSSR count). The van der Waals surface area contributed by atoms with Crippen molar-refractivity contribution in [3.8, 4) is 0 Å². The molecule has 6 unspecified atom stereocenters. The maximum absolute atomic E-state index is 12.9. The zero-order valence-electron chi connectivity index (χ0n) is 42.0. The van der Waals surface area contributed by atoms with E-state index in [1.165, 1.54) is 173 Å². The van der Waals surface area contributed by atoms with Crippen molar-refractivity contribution in [2.45, 2.75) is 282 Å². The number of esters is 1. The van der Waals surface area contributed by atoms with Crippen LogP contribution in [0.1, 0.15) is 245 Å². The van der Waals surface area contributed by atoms with E-state index in [0.717, 1.165) is 44.9 Å². The molecule has 1 aliphatic heterocycles. The lowest BCUT2D eigenvalue weighted by molar-refractivity contribution is -0.301. The summed E-state index contributed by atoms with van der Waals surface area (Å²) in [6.07, 6.45) is 43.5. The summed E-state index contributed by atoms with van der Waals surface area (Å²) in [5, 5.41) is 30.8. The van der Waals surface area contributed by atoms with Gasteiger partial charge in [0.25, 0.3) is 0 Å². The van der Waals surface area contributed by atoms with Crippen molar-refractivity contribution in [1.29, 1.82) is 0 Å². The van der Waals surface area contributed by atoms with Crippen LogP contribution in [0.15, 0.2) is 24.3 Å². The third kappa shape index (κ3) is 37.5. The highest BCUT2D eigenvalue weighted by molar-refractivity contribution is 7.80. The molecule has 1 saturated heterocycles. The number of aliphatic hydroxyl groups is 3. The monoisotopic (exact) mass is 961 g/mol. The number of aliphatic hydroxyl groups excluding tert-OH is 3. The van der Waals surface area contributed by atoms with E-state index in [-0.39, 0.29) is 19.6 Å². The van der Waals surface area contributed by atoms with Gasteiger partial charge in [-0.05, 0) is 44.9 Å². The summed E-state index contributed by atoms with van der Waals surface area (Å²) >= 11 is 0. The van der Waals surface area contributed by atoms with Crippen molar-refractivity contribution in [3.63, 3.8) is 0 Å². The maximum atomic E-state index is 12.9. The Morgan fingerprint density at radius 3 is 1.44 bits per heavy atom. The van der Waals surface area contributed by atoms with Gasteiger partial charge >= 0.3 is 16.4 Å². The van der Waals surface area contributed by atoms with Crippen LogP contribution in [0.2, 0.25) is 0 Å². The molecule has 390 valence electrons. The van der Waals surface area contributed by atoms with E-state index in [2.05, 4.69) is 42.3 Å². The minimum Gasteiger partial charge on any atom is -0.457 e. The zero-order valence-corrected chi connectivity index (χ0v) is 42.8. The first-order valence-corrected chi connectivity index (χ1v) is 28.5. The standard InChI is InChI=1S/C53H100O12S/c1-3-5-7-9-11-13-15-17-19-21-22-23-24-25-26-27-28-30-32-34-36-38-40-42-49(55)63-47(46-62-53-51(57)52(65-66(58,59)60)50(56)48(44-54)64-53)45-61-43-41-39-37-35-33-31-29-20-18-16-14-12-10-8-6-4-2/h15,17,21-22,47-48,50-54,56-57H,3-14,16,18-20,23-46H2,1-2H3,(H,58,59,60)/b17-15-,22-21-. The Balaban J connectivity index is 2.31. The molecule has 0 spiro atoms. The van der Waals surface area contributed by atoms with Gasteiger partial charge in [0, 0.05) is 13.0 Å². The van der Waals surface area contributed by atoms with Gasteiger partial charge in [-0.3, -0.25) is 9.35 Å². The van der Waals surface area contributed by atoms with Gasteiger partial charge in [-0.2, -0.15) is 8.42 Å². The van der Waals surface area contributed by atoms with Gasteiger partial charge < -0.3 is 34.3 Å². The fourth-order valence-corrected chi connectivity index (χ4v) is 8.98. The minimum absolute atomic E-state index is 0.0402. The van der Waals surface area contributed by atoms with Crippen LogP contribution in [0.4, 0.5) is 0 Å². The van der Waals surface area contributed by atoms with Gasteiger partial charge in [0.1, 0.15) is 30.5 Å². The summed E-state index contributed by atoms with van der Waals surface area (Å²) in [4.78, 5) is 12.9. The van der Waals surface area contributed by atoms with Crippen LogP contribution in [0.25, 0.3) is 0 Å². The van der Waals surface area contributed by atoms with E-state index in [0.29, 0.717) is 13.0 Å². The highest BCUT2D eigenvalue weighted by Gasteiger charge is 2.48. The van der Waals surface area contributed by atoms with Crippen molar-refractivity contribution in [3.05, 3.63) is 24.3 Å². The topological polar surface area (TPSA) is 178 Å². The molecule has 13 heteroatoms. The third-order valence-electron chi connectivity index (χ3n) is 12.6. The average molecular weight is 961 g/mol. The molecule has 0 aromatic heterocycles. The molecule has 0 radical (unpaired) electrons. The Kier molecular flexibility index (Phi) is 42.5. The lowest BCUT2D eigenvalue weighted by Crippen LogP contribution is -2.60. The van der Waals surface area contributed by atoms with Gasteiger partial charge in [-0.25, -0.2) is 4.18 Å². The fraction of sp³-hybridized carbons (Fsp3) is 0.906. The summed E-state index contributed by atoms with van der Waals surface area (Å²) < 4.78 is 59.3. The van der Waals surface area contributed by atoms with E-state index >= 15 is 0 Å². The molecular formula is C53H100O12S.